The highest BCUT2D eigenvalue weighted by Crippen LogP contribution is 2.35. The van der Waals surface area contributed by atoms with Crippen LogP contribution in [-0.4, -0.2) is 0 Å². The molecule has 0 aromatic heterocycles. The third-order valence-corrected chi connectivity index (χ3v) is 4.07. The predicted molar refractivity (Wildman–Crippen MR) is 84.3 cm³/mol. The number of ether oxygens (including phenoxy) is 1. The first kappa shape index (κ1) is 15.0. The van der Waals surface area contributed by atoms with Crippen LogP contribution < -0.4 is 4.74 Å². The molecular weight excluding hydrogens is 319 g/mol. The van der Waals surface area contributed by atoms with Crippen LogP contribution in [0.4, 0.5) is 4.39 Å². The average molecular weight is 337 g/mol. The molecule has 0 radical (unpaired) electrons. The minimum Gasteiger partial charge on any atom is -0.454 e. The molecule has 0 N–H and O–H groups in total. The summed E-state index contributed by atoms with van der Waals surface area (Å²) in [6, 6.07) is 12.8. The molecule has 2 aromatic rings. The second kappa shape index (κ2) is 6.89. The fourth-order valence-corrected chi connectivity index (χ4v) is 2.53. The van der Waals surface area contributed by atoms with Crippen molar-refractivity contribution < 1.29 is 9.13 Å². The van der Waals surface area contributed by atoms with Crippen molar-refractivity contribution in [2.24, 2.45) is 0 Å². The van der Waals surface area contributed by atoms with Crippen LogP contribution in [0.2, 0.25) is 0 Å². The highest BCUT2D eigenvalue weighted by Gasteiger charge is 2.14. The van der Waals surface area contributed by atoms with Crippen LogP contribution in [0, 0.1) is 5.82 Å². The maximum Gasteiger partial charge on any atom is 0.167 e. The third kappa shape index (κ3) is 3.21. The van der Waals surface area contributed by atoms with Crippen LogP contribution in [0.3, 0.4) is 0 Å². The lowest BCUT2D eigenvalue weighted by Crippen LogP contribution is -1.99. The number of hydrogen-bond acceptors (Lipinski definition) is 1. The topological polar surface area (TPSA) is 9.23 Å². The molecule has 2 aromatic carbocycles. The number of benzene rings is 2. The van der Waals surface area contributed by atoms with Crippen molar-refractivity contribution in [3.8, 4) is 11.5 Å². The van der Waals surface area contributed by atoms with Gasteiger partial charge in [-0.2, -0.15) is 0 Å². The number of para-hydroxylation sites is 2. The molecule has 3 heteroatoms. The van der Waals surface area contributed by atoms with Gasteiger partial charge in [-0.15, -0.1) is 0 Å². The van der Waals surface area contributed by atoms with Gasteiger partial charge in [-0.1, -0.05) is 60.1 Å². The summed E-state index contributed by atoms with van der Waals surface area (Å²) in [5.41, 5.74) is 1.92. The van der Waals surface area contributed by atoms with Gasteiger partial charge in [-0.25, -0.2) is 4.39 Å². The molecule has 1 unspecified atom stereocenters. The lowest BCUT2D eigenvalue weighted by Gasteiger charge is -2.17. The van der Waals surface area contributed by atoms with Gasteiger partial charge in [0.2, 0.25) is 0 Å². The summed E-state index contributed by atoms with van der Waals surface area (Å²) in [4.78, 5) is 0. The summed E-state index contributed by atoms with van der Waals surface area (Å²) in [7, 11) is 0. The Labute approximate surface area is 127 Å². The number of rotatable bonds is 5. The fraction of sp³-hybridized carbons (Fsp3) is 0.294. The van der Waals surface area contributed by atoms with Crippen LogP contribution in [-0.2, 0) is 5.33 Å². The van der Waals surface area contributed by atoms with Crippen molar-refractivity contribution in [2.45, 2.75) is 31.5 Å². The van der Waals surface area contributed by atoms with E-state index in [0.29, 0.717) is 17.0 Å². The van der Waals surface area contributed by atoms with Crippen LogP contribution in [0.15, 0.2) is 42.5 Å². The largest absolute Gasteiger partial charge is 0.454 e. The first-order valence-electron chi connectivity index (χ1n) is 6.77. The molecule has 1 nitrogen and oxygen atoms in total. The van der Waals surface area contributed by atoms with Crippen LogP contribution in [0.1, 0.15) is 37.3 Å². The number of alkyl halides is 1. The third-order valence-electron chi connectivity index (χ3n) is 3.47. The standard InChI is InChI=1S/C17H18BrFO/c1-3-12(2)14-8-4-5-10-16(14)20-17-13(11-18)7-6-9-15(17)19/h4-10,12H,3,11H2,1-2H3. The summed E-state index contributed by atoms with van der Waals surface area (Å²) in [6.45, 7) is 4.28. The normalized spacial score (nSPS) is 12.2. The predicted octanol–water partition coefficient (Wildman–Crippen LogP) is 6.03. The van der Waals surface area contributed by atoms with E-state index in [9.17, 15) is 4.39 Å². The Hall–Kier alpha value is -1.35. The van der Waals surface area contributed by atoms with Gasteiger partial charge in [-0.3, -0.25) is 0 Å². The van der Waals surface area contributed by atoms with Crippen molar-refractivity contribution in [1.82, 2.24) is 0 Å². The van der Waals surface area contributed by atoms with Gasteiger partial charge in [0.1, 0.15) is 5.75 Å². The van der Waals surface area contributed by atoms with E-state index in [-0.39, 0.29) is 5.82 Å². The molecule has 2 rings (SSSR count). The molecule has 0 amide bonds. The second-order valence-corrected chi connectivity index (χ2v) is 5.37. The Balaban J connectivity index is 2.40. The van der Waals surface area contributed by atoms with E-state index in [1.165, 1.54) is 6.07 Å². The Morgan fingerprint density at radius 3 is 2.60 bits per heavy atom. The number of hydrogen-bond donors (Lipinski definition) is 0. The van der Waals surface area contributed by atoms with E-state index < -0.39 is 0 Å². The van der Waals surface area contributed by atoms with Gasteiger partial charge in [0.05, 0.1) is 0 Å². The monoisotopic (exact) mass is 336 g/mol. The van der Waals surface area contributed by atoms with E-state index in [2.05, 4.69) is 29.8 Å². The molecule has 106 valence electrons. The molecular formula is C17H18BrFO. The highest BCUT2D eigenvalue weighted by atomic mass is 79.9. The minimum absolute atomic E-state index is 0.306. The highest BCUT2D eigenvalue weighted by molar-refractivity contribution is 9.08. The first-order chi connectivity index (χ1) is 9.67. The van der Waals surface area contributed by atoms with Crippen molar-refractivity contribution in [3.63, 3.8) is 0 Å². The SMILES string of the molecule is CCC(C)c1ccccc1Oc1c(F)cccc1CBr. The Morgan fingerprint density at radius 2 is 1.90 bits per heavy atom. The molecule has 0 fully saturated rings. The minimum atomic E-state index is -0.332. The van der Waals surface area contributed by atoms with E-state index in [1.54, 1.807) is 6.07 Å². The van der Waals surface area contributed by atoms with Gasteiger partial charge < -0.3 is 4.74 Å². The Morgan fingerprint density at radius 1 is 1.15 bits per heavy atom. The van der Waals surface area contributed by atoms with Crippen molar-refractivity contribution >= 4 is 15.9 Å². The molecule has 20 heavy (non-hydrogen) atoms. The Kier molecular flexibility index (Phi) is 5.18. The van der Waals surface area contributed by atoms with Crippen molar-refractivity contribution in [1.29, 1.82) is 0 Å². The zero-order valence-corrected chi connectivity index (χ0v) is 13.3. The van der Waals surface area contributed by atoms with E-state index in [1.807, 2.05) is 30.3 Å². The maximum atomic E-state index is 14.0. The molecule has 1 atom stereocenters. The molecule has 0 bridgehead atoms. The van der Waals surface area contributed by atoms with Gasteiger partial charge in [-0.05, 0) is 30.0 Å². The van der Waals surface area contributed by atoms with E-state index in [4.69, 9.17) is 4.74 Å². The van der Waals surface area contributed by atoms with E-state index >= 15 is 0 Å². The van der Waals surface area contributed by atoms with E-state index in [0.717, 1.165) is 23.3 Å². The average Bonchev–Trinajstić information content (AvgIpc) is 2.49. The number of halogens is 2. The quantitative estimate of drug-likeness (QED) is 0.606. The van der Waals surface area contributed by atoms with Gasteiger partial charge >= 0.3 is 0 Å². The lowest BCUT2D eigenvalue weighted by atomic mass is 9.98. The summed E-state index contributed by atoms with van der Waals surface area (Å²) in [5, 5.41) is 0.561. The summed E-state index contributed by atoms with van der Waals surface area (Å²) in [6.07, 6.45) is 1.02. The molecule has 0 saturated heterocycles. The zero-order valence-electron chi connectivity index (χ0n) is 11.7. The van der Waals surface area contributed by atoms with Crippen LogP contribution in [0.5, 0.6) is 11.5 Å². The molecule has 0 saturated carbocycles. The van der Waals surface area contributed by atoms with Gasteiger partial charge in [0, 0.05) is 10.9 Å². The Bertz CT molecular complexity index is 583. The van der Waals surface area contributed by atoms with Crippen LogP contribution >= 0.6 is 15.9 Å². The zero-order chi connectivity index (χ0) is 14.5. The van der Waals surface area contributed by atoms with Gasteiger partial charge in [0.25, 0.3) is 0 Å². The molecule has 0 heterocycles. The van der Waals surface area contributed by atoms with Crippen molar-refractivity contribution in [3.05, 3.63) is 59.4 Å². The van der Waals surface area contributed by atoms with Crippen molar-refractivity contribution in [2.75, 3.05) is 0 Å². The summed E-state index contributed by atoms with van der Waals surface area (Å²) < 4.78 is 19.9. The van der Waals surface area contributed by atoms with Crippen LogP contribution in [0.25, 0.3) is 0 Å². The molecule has 0 aliphatic carbocycles. The maximum absolute atomic E-state index is 14.0. The molecule has 0 aliphatic rings. The van der Waals surface area contributed by atoms with Gasteiger partial charge in [0.15, 0.2) is 11.6 Å². The smallest absolute Gasteiger partial charge is 0.167 e. The summed E-state index contributed by atoms with van der Waals surface area (Å²) in [5.74, 6) is 1.08. The summed E-state index contributed by atoms with van der Waals surface area (Å²) >= 11 is 3.37. The second-order valence-electron chi connectivity index (χ2n) is 4.81. The lowest BCUT2D eigenvalue weighted by molar-refractivity contribution is 0.430. The molecule has 0 spiro atoms. The fourth-order valence-electron chi connectivity index (χ4n) is 2.08. The first-order valence-corrected chi connectivity index (χ1v) is 7.89. The molecule has 0 aliphatic heterocycles.